The van der Waals surface area contributed by atoms with Gasteiger partial charge in [0.25, 0.3) is 0 Å². The van der Waals surface area contributed by atoms with Gasteiger partial charge < -0.3 is 19.1 Å². The Balaban J connectivity index is 1.39. The molecule has 1 atom stereocenters. The van der Waals surface area contributed by atoms with E-state index in [2.05, 4.69) is 19.9 Å². The van der Waals surface area contributed by atoms with E-state index in [-0.39, 0.29) is 5.60 Å². The van der Waals surface area contributed by atoms with Gasteiger partial charge in [-0.05, 0) is 12.5 Å². The first-order valence-electron chi connectivity index (χ1n) is 8.08. The molecule has 2 aliphatic heterocycles. The van der Waals surface area contributed by atoms with Crippen molar-refractivity contribution in [1.29, 1.82) is 0 Å². The zero-order valence-electron chi connectivity index (χ0n) is 13.6. The highest BCUT2D eigenvalue weighted by Crippen LogP contribution is 2.41. The van der Waals surface area contributed by atoms with Crippen LogP contribution in [0, 0.1) is 5.92 Å². The molecule has 2 fully saturated rings. The maximum atomic E-state index is 6.07. The molecule has 0 amide bonds. The van der Waals surface area contributed by atoms with Crippen molar-refractivity contribution >= 4 is 5.82 Å². The Morgan fingerprint density at radius 1 is 1.25 bits per heavy atom. The van der Waals surface area contributed by atoms with Gasteiger partial charge in [-0.15, -0.1) is 0 Å². The average Bonchev–Trinajstić information content (AvgIpc) is 3.03. The van der Waals surface area contributed by atoms with Crippen molar-refractivity contribution in [3.8, 4) is 11.8 Å². The van der Waals surface area contributed by atoms with Crippen LogP contribution in [0.5, 0.6) is 11.8 Å². The molecule has 2 aliphatic rings. The zero-order chi connectivity index (χ0) is 16.4. The molecule has 0 unspecified atom stereocenters. The Labute approximate surface area is 140 Å². The third kappa shape index (κ3) is 2.75. The Bertz CT molecular complexity index is 691. The Morgan fingerprint density at radius 2 is 2.17 bits per heavy atom. The van der Waals surface area contributed by atoms with E-state index in [4.69, 9.17) is 14.2 Å². The lowest BCUT2D eigenvalue weighted by Gasteiger charge is -2.50. The second-order valence-electron chi connectivity index (χ2n) is 6.15. The van der Waals surface area contributed by atoms with Gasteiger partial charge in [-0.1, -0.05) is 6.07 Å². The van der Waals surface area contributed by atoms with Crippen molar-refractivity contribution in [2.75, 3.05) is 38.3 Å². The van der Waals surface area contributed by atoms with Crippen molar-refractivity contribution in [1.82, 2.24) is 15.0 Å². The molecular formula is C17H20N4O3. The van der Waals surface area contributed by atoms with Gasteiger partial charge in [0, 0.05) is 30.9 Å². The normalized spacial score (nSPS) is 21.5. The van der Waals surface area contributed by atoms with Crippen LogP contribution in [0.1, 0.15) is 6.42 Å². The maximum absolute atomic E-state index is 6.07. The number of ether oxygens (including phenoxy) is 3. The number of hydrogen-bond donors (Lipinski definition) is 0. The Kier molecular flexibility index (Phi) is 3.93. The molecule has 7 nitrogen and oxygen atoms in total. The van der Waals surface area contributed by atoms with Crippen molar-refractivity contribution in [2.24, 2.45) is 5.92 Å². The summed E-state index contributed by atoms with van der Waals surface area (Å²) in [5.41, 5.74) is -0.146. The minimum atomic E-state index is -0.146. The monoisotopic (exact) mass is 328 g/mol. The molecular weight excluding hydrogens is 308 g/mol. The first kappa shape index (κ1) is 15.1. The number of nitrogens with zero attached hydrogens (tertiary/aromatic N) is 4. The zero-order valence-corrected chi connectivity index (χ0v) is 13.6. The van der Waals surface area contributed by atoms with Gasteiger partial charge in [0.05, 0.1) is 26.8 Å². The molecule has 2 saturated heterocycles. The van der Waals surface area contributed by atoms with Crippen LogP contribution in [0.15, 0.2) is 36.8 Å². The van der Waals surface area contributed by atoms with Crippen LogP contribution in [0.3, 0.4) is 0 Å². The van der Waals surface area contributed by atoms with Gasteiger partial charge in [0.2, 0.25) is 11.8 Å². The molecule has 0 bridgehead atoms. The fourth-order valence-corrected chi connectivity index (χ4v) is 3.36. The molecule has 0 aromatic carbocycles. The smallest absolute Gasteiger partial charge is 0.218 e. The van der Waals surface area contributed by atoms with E-state index in [9.17, 15) is 0 Å². The molecule has 0 radical (unpaired) electrons. The minimum absolute atomic E-state index is 0.146. The van der Waals surface area contributed by atoms with E-state index in [1.165, 1.54) is 6.33 Å². The van der Waals surface area contributed by atoms with Crippen molar-refractivity contribution in [2.45, 2.75) is 12.0 Å². The predicted molar refractivity (Wildman–Crippen MR) is 87.3 cm³/mol. The number of methoxy groups -OCH3 is 1. The molecule has 2 aromatic heterocycles. The standard InChI is InChI=1S/C17H20N4O3/c1-22-16-8-14(19-12-20-16)21-10-17(11-21)13(5-7-24-17)9-23-15-4-2-3-6-18-15/h2-4,6,8,12-13H,5,7,9-11H2,1H3/t13-/m0/s1. The average molecular weight is 328 g/mol. The molecule has 0 saturated carbocycles. The summed E-state index contributed by atoms with van der Waals surface area (Å²) in [7, 11) is 1.61. The molecule has 126 valence electrons. The second kappa shape index (κ2) is 6.24. The number of aromatic nitrogens is 3. The fraction of sp³-hybridized carbons (Fsp3) is 0.471. The van der Waals surface area contributed by atoms with Crippen molar-refractivity contribution in [3.63, 3.8) is 0 Å². The van der Waals surface area contributed by atoms with Gasteiger partial charge >= 0.3 is 0 Å². The van der Waals surface area contributed by atoms with Crippen LogP contribution in [-0.4, -0.2) is 54.0 Å². The number of rotatable bonds is 5. The fourth-order valence-electron chi connectivity index (χ4n) is 3.36. The van der Waals surface area contributed by atoms with E-state index in [0.717, 1.165) is 31.9 Å². The van der Waals surface area contributed by atoms with Crippen LogP contribution in [0.2, 0.25) is 0 Å². The maximum Gasteiger partial charge on any atom is 0.218 e. The van der Waals surface area contributed by atoms with Crippen LogP contribution >= 0.6 is 0 Å². The SMILES string of the molecule is COc1cc(N2CC3(C2)OCC[C@H]3COc2ccccn2)ncn1. The van der Waals surface area contributed by atoms with Crippen molar-refractivity contribution in [3.05, 3.63) is 36.8 Å². The van der Waals surface area contributed by atoms with Gasteiger partial charge in [-0.2, -0.15) is 0 Å². The summed E-state index contributed by atoms with van der Waals surface area (Å²) in [6, 6.07) is 7.54. The van der Waals surface area contributed by atoms with E-state index < -0.39 is 0 Å². The molecule has 7 heteroatoms. The lowest BCUT2D eigenvalue weighted by Crippen LogP contribution is -2.65. The molecule has 24 heavy (non-hydrogen) atoms. The summed E-state index contributed by atoms with van der Waals surface area (Å²) in [4.78, 5) is 14.8. The highest BCUT2D eigenvalue weighted by atomic mass is 16.5. The van der Waals surface area contributed by atoms with E-state index in [1.807, 2.05) is 24.3 Å². The summed E-state index contributed by atoms with van der Waals surface area (Å²) in [6.45, 7) is 3.02. The largest absolute Gasteiger partial charge is 0.481 e. The minimum Gasteiger partial charge on any atom is -0.481 e. The second-order valence-corrected chi connectivity index (χ2v) is 6.15. The van der Waals surface area contributed by atoms with Crippen LogP contribution in [0.25, 0.3) is 0 Å². The summed E-state index contributed by atoms with van der Waals surface area (Å²) in [5.74, 6) is 2.46. The first-order chi connectivity index (χ1) is 11.8. The quantitative estimate of drug-likeness (QED) is 0.825. The molecule has 1 spiro atoms. The van der Waals surface area contributed by atoms with Gasteiger partial charge in [-0.25, -0.2) is 15.0 Å². The molecule has 0 aliphatic carbocycles. The highest BCUT2D eigenvalue weighted by Gasteiger charge is 2.53. The Morgan fingerprint density at radius 3 is 2.96 bits per heavy atom. The highest BCUT2D eigenvalue weighted by molar-refractivity contribution is 5.46. The van der Waals surface area contributed by atoms with Crippen molar-refractivity contribution < 1.29 is 14.2 Å². The molecule has 0 N–H and O–H groups in total. The lowest BCUT2D eigenvalue weighted by molar-refractivity contribution is -0.0529. The van der Waals surface area contributed by atoms with E-state index >= 15 is 0 Å². The third-order valence-electron chi connectivity index (χ3n) is 4.75. The van der Waals surface area contributed by atoms with Crippen LogP contribution in [0.4, 0.5) is 5.82 Å². The lowest BCUT2D eigenvalue weighted by atomic mass is 9.81. The summed E-state index contributed by atoms with van der Waals surface area (Å²) >= 11 is 0. The Hall–Kier alpha value is -2.41. The number of anilines is 1. The van der Waals surface area contributed by atoms with E-state index in [1.54, 1.807) is 13.3 Å². The number of hydrogen-bond acceptors (Lipinski definition) is 7. The molecule has 4 rings (SSSR count). The summed E-state index contributed by atoms with van der Waals surface area (Å²) in [5, 5.41) is 0. The van der Waals surface area contributed by atoms with E-state index in [0.29, 0.717) is 24.3 Å². The molecule has 4 heterocycles. The van der Waals surface area contributed by atoms with Gasteiger partial charge in [0.15, 0.2) is 0 Å². The van der Waals surface area contributed by atoms with Gasteiger partial charge in [0.1, 0.15) is 17.7 Å². The summed E-state index contributed by atoms with van der Waals surface area (Å²) < 4.78 is 17.1. The molecule has 2 aromatic rings. The third-order valence-corrected chi connectivity index (χ3v) is 4.75. The van der Waals surface area contributed by atoms with Crippen LogP contribution < -0.4 is 14.4 Å². The van der Waals surface area contributed by atoms with Gasteiger partial charge in [-0.3, -0.25) is 0 Å². The first-order valence-corrected chi connectivity index (χ1v) is 8.08. The number of pyridine rings is 1. The summed E-state index contributed by atoms with van der Waals surface area (Å²) in [6.07, 6.45) is 4.27. The predicted octanol–water partition coefficient (Wildman–Crippen LogP) is 1.55. The van der Waals surface area contributed by atoms with Crippen LogP contribution in [-0.2, 0) is 4.74 Å². The topological polar surface area (TPSA) is 69.6 Å².